The number of rotatable bonds is 2. The van der Waals surface area contributed by atoms with Gasteiger partial charge in [-0.15, -0.1) is 11.3 Å². The highest BCUT2D eigenvalue weighted by Gasteiger charge is 2.07. The summed E-state index contributed by atoms with van der Waals surface area (Å²) in [7, 11) is 0. The first kappa shape index (κ1) is 10.3. The van der Waals surface area contributed by atoms with E-state index >= 15 is 0 Å². The summed E-state index contributed by atoms with van der Waals surface area (Å²) in [5, 5.41) is 2.02. The SMILES string of the molecule is Cc1c(F)cccc1-c1csc(CN)c1. The predicted octanol–water partition coefficient (Wildman–Crippen LogP) is 3.32. The van der Waals surface area contributed by atoms with Gasteiger partial charge in [0.1, 0.15) is 5.82 Å². The number of benzene rings is 1. The quantitative estimate of drug-likeness (QED) is 0.827. The molecular formula is C12H12FNS. The molecule has 2 rings (SSSR count). The van der Waals surface area contributed by atoms with Gasteiger partial charge in [0.2, 0.25) is 0 Å². The summed E-state index contributed by atoms with van der Waals surface area (Å²) < 4.78 is 13.3. The zero-order valence-electron chi connectivity index (χ0n) is 8.46. The van der Waals surface area contributed by atoms with Crippen LogP contribution in [0.15, 0.2) is 29.6 Å². The minimum atomic E-state index is -0.159. The summed E-state index contributed by atoms with van der Waals surface area (Å²) in [4.78, 5) is 1.12. The van der Waals surface area contributed by atoms with Gasteiger partial charge >= 0.3 is 0 Å². The molecule has 0 fully saturated rings. The van der Waals surface area contributed by atoms with E-state index in [0.29, 0.717) is 12.1 Å². The Hall–Kier alpha value is -1.19. The summed E-state index contributed by atoms with van der Waals surface area (Å²) in [5.74, 6) is -0.159. The molecule has 0 aliphatic rings. The van der Waals surface area contributed by atoms with E-state index in [4.69, 9.17) is 5.73 Å². The highest BCUT2D eigenvalue weighted by Crippen LogP contribution is 2.29. The Morgan fingerprint density at radius 2 is 2.20 bits per heavy atom. The zero-order valence-corrected chi connectivity index (χ0v) is 9.27. The molecule has 0 radical (unpaired) electrons. The zero-order chi connectivity index (χ0) is 10.8. The van der Waals surface area contributed by atoms with Gasteiger partial charge in [-0.1, -0.05) is 12.1 Å². The number of hydrogen-bond donors (Lipinski definition) is 1. The van der Waals surface area contributed by atoms with Crippen LogP contribution >= 0.6 is 11.3 Å². The maximum Gasteiger partial charge on any atom is 0.126 e. The van der Waals surface area contributed by atoms with Crippen molar-refractivity contribution in [3.8, 4) is 11.1 Å². The third-order valence-corrected chi connectivity index (χ3v) is 3.39. The Bertz CT molecular complexity index is 476. The minimum absolute atomic E-state index is 0.159. The van der Waals surface area contributed by atoms with Crippen LogP contribution in [0.1, 0.15) is 10.4 Å². The summed E-state index contributed by atoms with van der Waals surface area (Å²) in [6.45, 7) is 2.34. The molecule has 0 saturated heterocycles. The monoisotopic (exact) mass is 221 g/mol. The second-order valence-corrected chi connectivity index (χ2v) is 4.41. The van der Waals surface area contributed by atoms with Crippen molar-refractivity contribution in [2.75, 3.05) is 0 Å². The highest BCUT2D eigenvalue weighted by atomic mass is 32.1. The number of hydrogen-bond acceptors (Lipinski definition) is 2. The van der Waals surface area contributed by atoms with Gasteiger partial charge in [-0.25, -0.2) is 4.39 Å². The lowest BCUT2D eigenvalue weighted by Gasteiger charge is -2.03. The van der Waals surface area contributed by atoms with Crippen LogP contribution < -0.4 is 5.73 Å². The van der Waals surface area contributed by atoms with Gasteiger partial charge in [-0.05, 0) is 41.1 Å². The molecule has 0 unspecified atom stereocenters. The van der Waals surface area contributed by atoms with E-state index in [1.165, 1.54) is 6.07 Å². The van der Waals surface area contributed by atoms with E-state index in [1.54, 1.807) is 24.3 Å². The predicted molar refractivity (Wildman–Crippen MR) is 62.3 cm³/mol. The van der Waals surface area contributed by atoms with Crippen LogP contribution in [0.2, 0.25) is 0 Å². The molecule has 0 aliphatic heterocycles. The van der Waals surface area contributed by atoms with Gasteiger partial charge < -0.3 is 5.73 Å². The van der Waals surface area contributed by atoms with Crippen LogP contribution in [0.3, 0.4) is 0 Å². The van der Waals surface area contributed by atoms with E-state index in [-0.39, 0.29) is 5.82 Å². The molecule has 78 valence electrons. The van der Waals surface area contributed by atoms with Crippen LogP contribution in [0.25, 0.3) is 11.1 Å². The molecule has 2 N–H and O–H groups in total. The van der Waals surface area contributed by atoms with Crippen molar-refractivity contribution >= 4 is 11.3 Å². The minimum Gasteiger partial charge on any atom is -0.326 e. The van der Waals surface area contributed by atoms with E-state index in [0.717, 1.165) is 16.0 Å². The lowest BCUT2D eigenvalue weighted by Crippen LogP contribution is -1.91. The molecule has 1 nitrogen and oxygen atoms in total. The Balaban J connectivity index is 2.49. The molecule has 0 aliphatic carbocycles. The Kier molecular flexibility index (Phi) is 2.84. The standard InChI is InChI=1S/C12H12FNS/c1-8-11(3-2-4-12(8)13)9-5-10(6-14)15-7-9/h2-5,7H,6,14H2,1H3. The van der Waals surface area contributed by atoms with Crippen molar-refractivity contribution < 1.29 is 4.39 Å². The fourth-order valence-corrected chi connectivity index (χ4v) is 2.31. The van der Waals surface area contributed by atoms with Crippen LogP contribution in [-0.4, -0.2) is 0 Å². The third-order valence-electron chi connectivity index (χ3n) is 2.43. The van der Waals surface area contributed by atoms with E-state index in [2.05, 4.69) is 0 Å². The summed E-state index contributed by atoms with van der Waals surface area (Å²) >= 11 is 1.61. The van der Waals surface area contributed by atoms with E-state index in [1.807, 2.05) is 17.5 Å². The Morgan fingerprint density at radius 1 is 1.40 bits per heavy atom. The maximum absolute atomic E-state index is 13.3. The average molecular weight is 221 g/mol. The van der Waals surface area contributed by atoms with Crippen LogP contribution in [0.4, 0.5) is 4.39 Å². The number of thiophene rings is 1. The van der Waals surface area contributed by atoms with Crippen LogP contribution in [0.5, 0.6) is 0 Å². The second kappa shape index (κ2) is 4.13. The highest BCUT2D eigenvalue weighted by molar-refractivity contribution is 7.10. The van der Waals surface area contributed by atoms with Crippen molar-refractivity contribution in [3.63, 3.8) is 0 Å². The Morgan fingerprint density at radius 3 is 2.87 bits per heavy atom. The van der Waals surface area contributed by atoms with Crippen molar-refractivity contribution in [2.45, 2.75) is 13.5 Å². The smallest absolute Gasteiger partial charge is 0.126 e. The fourth-order valence-electron chi connectivity index (χ4n) is 1.55. The first-order valence-electron chi connectivity index (χ1n) is 4.75. The lowest BCUT2D eigenvalue weighted by atomic mass is 10.0. The maximum atomic E-state index is 13.3. The van der Waals surface area contributed by atoms with Gasteiger partial charge in [-0.3, -0.25) is 0 Å². The van der Waals surface area contributed by atoms with E-state index < -0.39 is 0 Å². The van der Waals surface area contributed by atoms with Gasteiger partial charge in [0.25, 0.3) is 0 Å². The Labute approximate surface area is 92.4 Å². The van der Waals surface area contributed by atoms with Crippen LogP contribution in [-0.2, 0) is 6.54 Å². The molecule has 0 amide bonds. The molecular weight excluding hydrogens is 209 g/mol. The number of halogens is 1. The summed E-state index contributed by atoms with van der Waals surface area (Å²) in [6, 6.07) is 7.17. The molecule has 1 aromatic heterocycles. The largest absolute Gasteiger partial charge is 0.326 e. The fraction of sp³-hybridized carbons (Fsp3) is 0.167. The molecule has 15 heavy (non-hydrogen) atoms. The molecule has 3 heteroatoms. The van der Waals surface area contributed by atoms with Gasteiger partial charge in [0.05, 0.1) is 0 Å². The van der Waals surface area contributed by atoms with Crippen LogP contribution in [0, 0.1) is 12.7 Å². The molecule has 0 spiro atoms. The van der Waals surface area contributed by atoms with E-state index in [9.17, 15) is 4.39 Å². The molecule has 2 aromatic rings. The first-order chi connectivity index (χ1) is 7.22. The second-order valence-electron chi connectivity index (χ2n) is 3.42. The lowest BCUT2D eigenvalue weighted by molar-refractivity contribution is 0.619. The first-order valence-corrected chi connectivity index (χ1v) is 5.63. The average Bonchev–Trinajstić information content (AvgIpc) is 2.70. The van der Waals surface area contributed by atoms with Crippen molar-refractivity contribution in [2.24, 2.45) is 5.73 Å². The summed E-state index contributed by atoms with van der Waals surface area (Å²) in [6.07, 6.45) is 0. The number of nitrogens with two attached hydrogens (primary N) is 1. The van der Waals surface area contributed by atoms with Crippen molar-refractivity contribution in [1.82, 2.24) is 0 Å². The molecule has 0 saturated carbocycles. The summed E-state index contributed by atoms with van der Waals surface area (Å²) in [5.41, 5.74) is 8.24. The normalized spacial score (nSPS) is 10.6. The van der Waals surface area contributed by atoms with Gasteiger partial charge in [0.15, 0.2) is 0 Å². The van der Waals surface area contributed by atoms with Crippen molar-refractivity contribution in [1.29, 1.82) is 0 Å². The van der Waals surface area contributed by atoms with Crippen molar-refractivity contribution in [3.05, 3.63) is 45.9 Å². The molecule has 1 heterocycles. The topological polar surface area (TPSA) is 26.0 Å². The van der Waals surface area contributed by atoms with Gasteiger partial charge in [0, 0.05) is 11.4 Å². The molecule has 1 aromatic carbocycles. The molecule has 0 bridgehead atoms. The molecule has 0 atom stereocenters. The van der Waals surface area contributed by atoms with Gasteiger partial charge in [-0.2, -0.15) is 0 Å². The third kappa shape index (κ3) is 1.94.